The lowest BCUT2D eigenvalue weighted by molar-refractivity contribution is 0.416. The number of methoxy groups -OCH3 is 1. The summed E-state index contributed by atoms with van der Waals surface area (Å²) >= 11 is 7.87. The first-order chi connectivity index (χ1) is 8.65. The van der Waals surface area contributed by atoms with Crippen molar-refractivity contribution in [3.63, 3.8) is 0 Å². The normalized spacial score (nSPS) is 12.4. The SMILES string of the molecule is CNC(c1ccc(C)c(Cl)c1)c1cc(OC)cs1. The lowest BCUT2D eigenvalue weighted by Gasteiger charge is -2.15. The van der Waals surface area contributed by atoms with Gasteiger partial charge in [0.15, 0.2) is 0 Å². The van der Waals surface area contributed by atoms with Crippen LogP contribution < -0.4 is 10.1 Å². The van der Waals surface area contributed by atoms with Crippen molar-refractivity contribution < 1.29 is 4.74 Å². The Morgan fingerprint density at radius 2 is 2.11 bits per heavy atom. The van der Waals surface area contributed by atoms with Crippen LogP contribution in [-0.4, -0.2) is 14.2 Å². The molecule has 1 atom stereocenters. The van der Waals surface area contributed by atoms with E-state index >= 15 is 0 Å². The molecule has 0 saturated heterocycles. The van der Waals surface area contributed by atoms with Gasteiger partial charge in [-0.15, -0.1) is 11.3 Å². The first-order valence-corrected chi connectivity index (χ1v) is 6.97. The van der Waals surface area contributed by atoms with Crippen LogP contribution in [0.15, 0.2) is 29.6 Å². The van der Waals surface area contributed by atoms with Gasteiger partial charge in [0.2, 0.25) is 0 Å². The topological polar surface area (TPSA) is 21.3 Å². The van der Waals surface area contributed by atoms with Crippen molar-refractivity contribution in [1.29, 1.82) is 0 Å². The number of thiophene rings is 1. The molecule has 1 aromatic heterocycles. The number of rotatable bonds is 4. The summed E-state index contributed by atoms with van der Waals surface area (Å²) in [4.78, 5) is 1.22. The Kier molecular flexibility index (Phi) is 4.27. The van der Waals surface area contributed by atoms with Crippen LogP contribution in [0.25, 0.3) is 0 Å². The van der Waals surface area contributed by atoms with Crippen molar-refractivity contribution in [3.05, 3.63) is 50.7 Å². The minimum atomic E-state index is 0.150. The number of nitrogens with one attached hydrogen (secondary N) is 1. The van der Waals surface area contributed by atoms with Crippen molar-refractivity contribution in [2.45, 2.75) is 13.0 Å². The molecule has 18 heavy (non-hydrogen) atoms. The van der Waals surface area contributed by atoms with E-state index in [9.17, 15) is 0 Å². The Bertz CT molecular complexity index is 538. The van der Waals surface area contributed by atoms with Crippen molar-refractivity contribution in [1.82, 2.24) is 5.32 Å². The molecule has 1 unspecified atom stereocenters. The molecule has 0 aliphatic rings. The monoisotopic (exact) mass is 281 g/mol. The second kappa shape index (κ2) is 5.74. The second-order valence-corrected chi connectivity index (χ2v) is 5.47. The molecule has 2 nitrogen and oxygen atoms in total. The van der Waals surface area contributed by atoms with Crippen LogP contribution in [0.1, 0.15) is 22.0 Å². The van der Waals surface area contributed by atoms with Gasteiger partial charge >= 0.3 is 0 Å². The predicted molar refractivity (Wildman–Crippen MR) is 78.0 cm³/mol. The van der Waals surface area contributed by atoms with Crippen molar-refractivity contribution in [3.8, 4) is 5.75 Å². The highest BCUT2D eigenvalue weighted by Crippen LogP contribution is 2.32. The molecule has 0 aliphatic carbocycles. The summed E-state index contributed by atoms with van der Waals surface area (Å²) < 4.78 is 5.22. The summed E-state index contributed by atoms with van der Waals surface area (Å²) in [5, 5.41) is 6.13. The molecule has 2 rings (SSSR count). The molecule has 2 aromatic rings. The molecule has 96 valence electrons. The van der Waals surface area contributed by atoms with Gasteiger partial charge in [-0.1, -0.05) is 23.7 Å². The van der Waals surface area contributed by atoms with Crippen LogP contribution in [0.3, 0.4) is 0 Å². The third-order valence-electron chi connectivity index (χ3n) is 2.93. The van der Waals surface area contributed by atoms with Crippen LogP contribution in [0.2, 0.25) is 5.02 Å². The standard InChI is InChI=1S/C14H16ClNOS/c1-9-4-5-10(6-12(9)15)14(16-2)13-7-11(17-3)8-18-13/h4-8,14,16H,1-3H3. The van der Waals surface area contributed by atoms with Gasteiger partial charge in [-0.05, 0) is 37.2 Å². The Morgan fingerprint density at radius 3 is 2.67 bits per heavy atom. The van der Waals surface area contributed by atoms with Gasteiger partial charge in [-0.25, -0.2) is 0 Å². The maximum atomic E-state index is 6.19. The average molecular weight is 282 g/mol. The molecule has 0 amide bonds. The van der Waals surface area contributed by atoms with Crippen molar-refractivity contribution >= 4 is 22.9 Å². The third kappa shape index (κ3) is 2.69. The molecule has 4 heteroatoms. The molecule has 1 N–H and O–H groups in total. The molecular formula is C14H16ClNOS. The largest absolute Gasteiger partial charge is 0.496 e. The molecule has 0 saturated carbocycles. The van der Waals surface area contributed by atoms with Crippen LogP contribution in [0, 0.1) is 6.92 Å². The fourth-order valence-electron chi connectivity index (χ4n) is 1.85. The number of benzene rings is 1. The Hall–Kier alpha value is -1.03. The molecule has 0 spiro atoms. The van der Waals surface area contributed by atoms with E-state index in [1.165, 1.54) is 4.88 Å². The lowest BCUT2D eigenvalue weighted by Crippen LogP contribution is -2.16. The highest BCUT2D eigenvalue weighted by molar-refractivity contribution is 7.10. The lowest BCUT2D eigenvalue weighted by atomic mass is 10.0. The molecule has 0 radical (unpaired) electrons. The second-order valence-electron chi connectivity index (χ2n) is 4.12. The quantitative estimate of drug-likeness (QED) is 0.914. The minimum absolute atomic E-state index is 0.150. The number of halogens is 1. The molecule has 0 fully saturated rings. The van der Waals surface area contributed by atoms with E-state index in [-0.39, 0.29) is 6.04 Å². The van der Waals surface area contributed by atoms with E-state index in [1.807, 2.05) is 31.5 Å². The van der Waals surface area contributed by atoms with Crippen LogP contribution >= 0.6 is 22.9 Å². The van der Waals surface area contributed by atoms with Crippen molar-refractivity contribution in [2.24, 2.45) is 0 Å². The number of aryl methyl sites for hydroxylation is 1. The average Bonchev–Trinajstić information content (AvgIpc) is 2.83. The fraction of sp³-hybridized carbons (Fsp3) is 0.286. The fourth-order valence-corrected chi connectivity index (χ4v) is 3.03. The maximum Gasteiger partial charge on any atom is 0.129 e. The Labute approximate surface area is 117 Å². The predicted octanol–water partition coefficient (Wildman–Crippen LogP) is 4.03. The summed E-state index contributed by atoms with van der Waals surface area (Å²) in [6.07, 6.45) is 0. The minimum Gasteiger partial charge on any atom is -0.496 e. The van der Waals surface area contributed by atoms with Crippen LogP contribution in [0.5, 0.6) is 5.75 Å². The smallest absolute Gasteiger partial charge is 0.129 e. The van der Waals surface area contributed by atoms with Gasteiger partial charge in [0.25, 0.3) is 0 Å². The van der Waals surface area contributed by atoms with E-state index in [0.717, 1.165) is 21.9 Å². The molecule has 0 aliphatic heterocycles. The van der Waals surface area contributed by atoms with Crippen LogP contribution in [0.4, 0.5) is 0 Å². The first-order valence-electron chi connectivity index (χ1n) is 5.71. The maximum absolute atomic E-state index is 6.19. The van der Waals surface area contributed by atoms with Crippen molar-refractivity contribution in [2.75, 3.05) is 14.2 Å². The highest BCUT2D eigenvalue weighted by Gasteiger charge is 2.15. The van der Waals surface area contributed by atoms with Gasteiger partial charge in [0, 0.05) is 15.3 Å². The first kappa shape index (κ1) is 13.4. The zero-order valence-corrected chi connectivity index (χ0v) is 12.2. The van der Waals surface area contributed by atoms with Gasteiger partial charge in [-0.2, -0.15) is 0 Å². The summed E-state index contributed by atoms with van der Waals surface area (Å²) in [7, 11) is 3.63. The summed E-state index contributed by atoms with van der Waals surface area (Å²) in [5.41, 5.74) is 2.26. The van der Waals surface area contributed by atoms with E-state index in [4.69, 9.17) is 16.3 Å². The molecule has 0 bridgehead atoms. The molecule has 1 aromatic carbocycles. The van der Waals surface area contributed by atoms with Gasteiger partial charge in [0.1, 0.15) is 5.75 Å². The number of hydrogen-bond acceptors (Lipinski definition) is 3. The number of ether oxygens (including phenoxy) is 1. The summed E-state index contributed by atoms with van der Waals surface area (Å²) in [6.45, 7) is 2.01. The van der Waals surface area contributed by atoms with E-state index in [0.29, 0.717) is 0 Å². The third-order valence-corrected chi connectivity index (χ3v) is 4.32. The van der Waals surface area contributed by atoms with Gasteiger partial charge in [0.05, 0.1) is 13.2 Å². The van der Waals surface area contributed by atoms with E-state index in [1.54, 1.807) is 18.4 Å². The molecule has 1 heterocycles. The van der Waals surface area contributed by atoms with E-state index < -0.39 is 0 Å². The Balaban J connectivity index is 2.35. The van der Waals surface area contributed by atoms with Crippen LogP contribution in [-0.2, 0) is 0 Å². The van der Waals surface area contributed by atoms with E-state index in [2.05, 4.69) is 17.4 Å². The summed E-state index contributed by atoms with van der Waals surface area (Å²) in [6, 6.07) is 8.38. The Morgan fingerprint density at radius 1 is 1.33 bits per heavy atom. The number of hydrogen-bond donors (Lipinski definition) is 1. The van der Waals surface area contributed by atoms with Gasteiger partial charge < -0.3 is 10.1 Å². The van der Waals surface area contributed by atoms with Gasteiger partial charge in [-0.3, -0.25) is 0 Å². The highest BCUT2D eigenvalue weighted by atomic mass is 35.5. The zero-order valence-electron chi connectivity index (χ0n) is 10.7. The summed E-state index contributed by atoms with van der Waals surface area (Å²) in [5.74, 6) is 0.897. The zero-order chi connectivity index (χ0) is 13.1. The molecular weight excluding hydrogens is 266 g/mol.